The van der Waals surface area contributed by atoms with Gasteiger partial charge < -0.3 is 11.1 Å². The molecule has 7 heteroatoms. The molecule has 1 aliphatic heterocycles. The van der Waals surface area contributed by atoms with Crippen molar-refractivity contribution in [3.05, 3.63) is 70.3 Å². The number of nitro groups is 1. The van der Waals surface area contributed by atoms with Crippen LogP contribution in [-0.2, 0) is 4.79 Å². The summed E-state index contributed by atoms with van der Waals surface area (Å²) in [6.07, 6.45) is 0. The van der Waals surface area contributed by atoms with Crippen LogP contribution < -0.4 is 11.1 Å². The van der Waals surface area contributed by atoms with Crippen LogP contribution in [0.3, 0.4) is 0 Å². The Bertz CT molecular complexity index is 779. The maximum Gasteiger partial charge on any atom is 0.269 e. The van der Waals surface area contributed by atoms with Crippen LogP contribution in [0.5, 0.6) is 0 Å². The fraction of sp³-hybridized carbons (Fsp3) is 0.316. The van der Waals surface area contributed by atoms with Crippen LogP contribution in [0.4, 0.5) is 11.4 Å². The molecule has 0 aromatic heterocycles. The number of non-ortho nitro benzene ring substituents is 1. The number of nitrogens with two attached hydrogens (primary N) is 1. The van der Waals surface area contributed by atoms with E-state index in [0.717, 1.165) is 6.54 Å². The number of carbonyl (C=O) groups is 1. The summed E-state index contributed by atoms with van der Waals surface area (Å²) in [5.41, 5.74) is 8.02. The van der Waals surface area contributed by atoms with E-state index in [1.54, 1.807) is 0 Å². The highest BCUT2D eigenvalue weighted by Crippen LogP contribution is 2.28. The number of nitro benzene ring substituents is 1. The predicted molar refractivity (Wildman–Crippen MR) is 99.9 cm³/mol. The van der Waals surface area contributed by atoms with Gasteiger partial charge in [0.05, 0.1) is 11.0 Å². The number of anilines is 1. The van der Waals surface area contributed by atoms with Gasteiger partial charge in [0.1, 0.15) is 0 Å². The Morgan fingerprint density at radius 1 is 1.19 bits per heavy atom. The van der Waals surface area contributed by atoms with Crippen molar-refractivity contribution < 1.29 is 9.72 Å². The van der Waals surface area contributed by atoms with Gasteiger partial charge in [-0.15, -0.1) is 0 Å². The molecule has 1 fully saturated rings. The first kappa shape index (κ1) is 18.0. The van der Waals surface area contributed by atoms with Gasteiger partial charge >= 0.3 is 0 Å². The Labute approximate surface area is 152 Å². The first-order valence-electron chi connectivity index (χ1n) is 8.55. The Morgan fingerprint density at radius 2 is 1.85 bits per heavy atom. The molecule has 2 aromatic carbocycles. The minimum absolute atomic E-state index is 0.00716. The zero-order valence-electron chi connectivity index (χ0n) is 14.5. The molecule has 0 saturated carbocycles. The number of amides is 1. The molecule has 1 heterocycles. The Kier molecular flexibility index (Phi) is 5.29. The average molecular weight is 354 g/mol. The maximum atomic E-state index is 12.5. The van der Waals surface area contributed by atoms with Crippen molar-refractivity contribution >= 4 is 17.3 Å². The first-order valence-corrected chi connectivity index (χ1v) is 8.55. The van der Waals surface area contributed by atoms with Crippen molar-refractivity contribution in [2.75, 3.05) is 18.4 Å². The zero-order valence-corrected chi connectivity index (χ0v) is 14.5. The van der Waals surface area contributed by atoms with Crippen LogP contribution in [0.15, 0.2) is 54.6 Å². The number of hydrogen-bond acceptors (Lipinski definition) is 5. The van der Waals surface area contributed by atoms with E-state index in [2.05, 4.69) is 22.3 Å². The summed E-state index contributed by atoms with van der Waals surface area (Å²) in [4.78, 5) is 24.8. The second-order valence-electron chi connectivity index (χ2n) is 6.60. The van der Waals surface area contributed by atoms with Crippen molar-refractivity contribution in [2.24, 2.45) is 5.73 Å². The lowest BCUT2D eigenvalue weighted by Gasteiger charge is -2.23. The highest BCUT2D eigenvalue weighted by Gasteiger charge is 2.35. The van der Waals surface area contributed by atoms with E-state index in [9.17, 15) is 14.9 Å². The summed E-state index contributed by atoms with van der Waals surface area (Å²) in [5.74, 6) is 0.0468. The summed E-state index contributed by atoms with van der Waals surface area (Å²) >= 11 is 0. The molecule has 1 amide bonds. The fourth-order valence-corrected chi connectivity index (χ4v) is 3.31. The topological polar surface area (TPSA) is 101 Å². The van der Waals surface area contributed by atoms with E-state index in [1.165, 1.54) is 29.8 Å². The second-order valence-corrected chi connectivity index (χ2v) is 6.60. The molecular formula is C19H22N4O3. The molecule has 1 unspecified atom stereocenters. The quantitative estimate of drug-likeness (QED) is 0.634. The van der Waals surface area contributed by atoms with Crippen molar-refractivity contribution in [3.8, 4) is 0 Å². The normalized spacial score (nSPS) is 21.3. The second kappa shape index (κ2) is 7.63. The van der Waals surface area contributed by atoms with Gasteiger partial charge in [0.25, 0.3) is 5.69 Å². The lowest BCUT2D eigenvalue weighted by atomic mass is 9.95. The third-order valence-corrected chi connectivity index (χ3v) is 4.89. The Morgan fingerprint density at radius 3 is 2.46 bits per heavy atom. The summed E-state index contributed by atoms with van der Waals surface area (Å²) in [7, 11) is 0. The van der Waals surface area contributed by atoms with Crippen LogP contribution >= 0.6 is 0 Å². The number of hydrogen-bond donors (Lipinski definition) is 2. The molecule has 3 rings (SSSR count). The SMILES string of the molecule is CC(C(=O)Nc1ccc([N+](=O)[O-])cc1)N1C[C@@H](N)[C@H](c2ccccc2)C1. The van der Waals surface area contributed by atoms with E-state index in [-0.39, 0.29) is 29.6 Å². The third-order valence-electron chi connectivity index (χ3n) is 4.89. The molecule has 0 radical (unpaired) electrons. The highest BCUT2D eigenvalue weighted by atomic mass is 16.6. The molecule has 1 saturated heterocycles. The molecule has 7 nitrogen and oxygen atoms in total. The van der Waals surface area contributed by atoms with E-state index >= 15 is 0 Å². The van der Waals surface area contributed by atoms with Crippen molar-refractivity contribution in [1.82, 2.24) is 4.90 Å². The van der Waals surface area contributed by atoms with Crippen LogP contribution in [-0.4, -0.2) is 40.9 Å². The van der Waals surface area contributed by atoms with Crippen LogP contribution in [0.1, 0.15) is 18.4 Å². The molecule has 2 aromatic rings. The van der Waals surface area contributed by atoms with E-state index in [1.807, 2.05) is 25.1 Å². The van der Waals surface area contributed by atoms with Gasteiger partial charge in [0, 0.05) is 42.9 Å². The molecule has 3 atom stereocenters. The molecule has 0 bridgehead atoms. The molecule has 136 valence electrons. The zero-order chi connectivity index (χ0) is 18.7. The van der Waals surface area contributed by atoms with E-state index in [4.69, 9.17) is 5.73 Å². The van der Waals surface area contributed by atoms with Gasteiger partial charge in [0.15, 0.2) is 0 Å². The summed E-state index contributed by atoms with van der Waals surface area (Å²) < 4.78 is 0. The minimum atomic E-state index is -0.469. The van der Waals surface area contributed by atoms with Crippen LogP contribution in [0, 0.1) is 10.1 Å². The molecule has 3 N–H and O–H groups in total. The van der Waals surface area contributed by atoms with Crippen LogP contribution in [0.25, 0.3) is 0 Å². The lowest BCUT2D eigenvalue weighted by Crippen LogP contribution is -2.41. The number of nitrogens with zero attached hydrogens (tertiary/aromatic N) is 2. The average Bonchev–Trinajstić information content (AvgIpc) is 3.04. The van der Waals surface area contributed by atoms with Crippen molar-refractivity contribution in [1.29, 1.82) is 0 Å². The van der Waals surface area contributed by atoms with Gasteiger partial charge in [-0.05, 0) is 24.6 Å². The maximum absolute atomic E-state index is 12.5. The molecule has 0 aliphatic carbocycles. The fourth-order valence-electron chi connectivity index (χ4n) is 3.31. The third kappa shape index (κ3) is 3.89. The smallest absolute Gasteiger partial charge is 0.269 e. The first-order chi connectivity index (χ1) is 12.5. The number of rotatable bonds is 5. The summed E-state index contributed by atoms with van der Waals surface area (Å²) in [5, 5.41) is 13.5. The Hall–Kier alpha value is -2.77. The monoisotopic (exact) mass is 354 g/mol. The van der Waals surface area contributed by atoms with Crippen molar-refractivity contribution in [3.63, 3.8) is 0 Å². The molecule has 26 heavy (non-hydrogen) atoms. The lowest BCUT2D eigenvalue weighted by molar-refractivity contribution is -0.384. The van der Waals surface area contributed by atoms with Crippen LogP contribution in [0.2, 0.25) is 0 Å². The number of benzene rings is 2. The number of carbonyl (C=O) groups excluding carboxylic acids is 1. The van der Waals surface area contributed by atoms with Gasteiger partial charge in [0.2, 0.25) is 5.91 Å². The van der Waals surface area contributed by atoms with E-state index in [0.29, 0.717) is 12.2 Å². The molecule has 1 aliphatic rings. The number of nitrogens with one attached hydrogen (secondary N) is 1. The predicted octanol–water partition coefficient (Wildman–Crippen LogP) is 2.35. The van der Waals surface area contributed by atoms with Crippen molar-refractivity contribution in [2.45, 2.75) is 24.9 Å². The largest absolute Gasteiger partial charge is 0.326 e. The summed E-state index contributed by atoms with van der Waals surface area (Å²) in [6, 6.07) is 15.5. The van der Waals surface area contributed by atoms with Gasteiger partial charge in [-0.1, -0.05) is 30.3 Å². The van der Waals surface area contributed by atoms with Gasteiger partial charge in [-0.3, -0.25) is 19.8 Å². The minimum Gasteiger partial charge on any atom is -0.326 e. The Balaban J connectivity index is 1.62. The van der Waals surface area contributed by atoms with Gasteiger partial charge in [-0.2, -0.15) is 0 Å². The van der Waals surface area contributed by atoms with E-state index < -0.39 is 4.92 Å². The summed E-state index contributed by atoms with van der Waals surface area (Å²) in [6.45, 7) is 3.22. The molecule has 0 spiro atoms. The molecular weight excluding hydrogens is 332 g/mol. The van der Waals surface area contributed by atoms with Gasteiger partial charge in [-0.25, -0.2) is 0 Å². The highest BCUT2D eigenvalue weighted by molar-refractivity contribution is 5.94. The number of likely N-dealkylation sites (tertiary alicyclic amines) is 1. The standard InChI is InChI=1S/C19H22N4O3/c1-13(19(24)21-15-7-9-16(10-8-15)23(25)26)22-11-17(18(20)12-22)14-5-3-2-4-6-14/h2-10,13,17-18H,11-12,20H2,1H3,(H,21,24)/t13?,17-,18+/m0/s1.